The molecule has 0 bridgehead atoms. The maximum atomic E-state index is 12.7. The fourth-order valence-corrected chi connectivity index (χ4v) is 2.47. The number of carbonyl (C=O) groups is 2. The minimum absolute atomic E-state index is 0.139. The molecule has 9 nitrogen and oxygen atoms in total. The Labute approximate surface area is 145 Å². The molecule has 0 spiro atoms. The quantitative estimate of drug-likeness (QED) is 0.447. The van der Waals surface area contributed by atoms with Crippen LogP contribution in [0.25, 0.3) is 0 Å². The highest BCUT2D eigenvalue weighted by Gasteiger charge is 2.37. The number of hydrogen-bond acceptors (Lipinski definition) is 6. The minimum Gasteiger partial charge on any atom is -0.478 e. The van der Waals surface area contributed by atoms with Crippen molar-refractivity contribution in [3.8, 4) is 5.75 Å². The number of hydrogen-bond donors (Lipinski definition) is 1. The zero-order valence-electron chi connectivity index (χ0n) is 14.4. The molecule has 1 unspecified atom stereocenters. The average Bonchev–Trinajstić information content (AvgIpc) is 2.56. The van der Waals surface area contributed by atoms with Crippen molar-refractivity contribution >= 4 is 23.2 Å². The molecule has 2 amide bonds. The van der Waals surface area contributed by atoms with E-state index in [1.807, 2.05) is 13.8 Å². The van der Waals surface area contributed by atoms with Crippen LogP contribution in [0.2, 0.25) is 0 Å². The number of anilines is 1. The lowest BCUT2D eigenvalue weighted by molar-refractivity contribution is -0.384. The van der Waals surface area contributed by atoms with Crippen molar-refractivity contribution in [3.63, 3.8) is 0 Å². The third kappa shape index (κ3) is 4.24. The van der Waals surface area contributed by atoms with Crippen molar-refractivity contribution in [3.05, 3.63) is 28.3 Å². The number of benzene rings is 1. The number of methoxy groups -OCH3 is 1. The van der Waals surface area contributed by atoms with Crippen LogP contribution < -0.4 is 15.0 Å². The Morgan fingerprint density at radius 1 is 1.48 bits per heavy atom. The number of nitrogens with zero attached hydrogens (tertiary/aromatic N) is 2. The van der Waals surface area contributed by atoms with Crippen molar-refractivity contribution in [1.82, 2.24) is 5.32 Å². The molecule has 0 aliphatic carbocycles. The molecule has 0 saturated carbocycles. The van der Waals surface area contributed by atoms with Gasteiger partial charge in [0.05, 0.1) is 23.3 Å². The van der Waals surface area contributed by atoms with Crippen LogP contribution in [0, 0.1) is 16.0 Å². The maximum Gasteiger partial charge on any atom is 0.273 e. The van der Waals surface area contributed by atoms with Crippen molar-refractivity contribution in [1.29, 1.82) is 0 Å². The molecule has 0 radical (unpaired) electrons. The van der Waals surface area contributed by atoms with Crippen molar-refractivity contribution < 1.29 is 24.0 Å². The third-order valence-corrected chi connectivity index (χ3v) is 3.74. The Morgan fingerprint density at radius 2 is 2.20 bits per heavy atom. The number of carbonyl (C=O) groups excluding carboxylic acids is 2. The molecule has 1 aromatic rings. The van der Waals surface area contributed by atoms with Crippen LogP contribution in [-0.4, -0.2) is 49.6 Å². The molecule has 0 saturated heterocycles. The number of ether oxygens (including phenoxy) is 2. The highest BCUT2D eigenvalue weighted by Crippen LogP contribution is 2.38. The molecule has 25 heavy (non-hydrogen) atoms. The highest BCUT2D eigenvalue weighted by molar-refractivity contribution is 6.04. The molecule has 1 aromatic carbocycles. The first-order valence-corrected chi connectivity index (χ1v) is 7.87. The number of nitro groups is 1. The molecule has 0 fully saturated rings. The Morgan fingerprint density at radius 3 is 2.80 bits per heavy atom. The first-order chi connectivity index (χ1) is 11.8. The molecule has 1 aliphatic rings. The smallest absolute Gasteiger partial charge is 0.273 e. The van der Waals surface area contributed by atoms with Gasteiger partial charge >= 0.3 is 0 Å². The highest BCUT2D eigenvalue weighted by atomic mass is 16.6. The molecular weight excluding hydrogens is 330 g/mol. The van der Waals surface area contributed by atoms with Gasteiger partial charge in [-0.3, -0.25) is 24.6 Å². The Kier molecular flexibility index (Phi) is 5.92. The molecule has 1 heterocycles. The molecular formula is C16H21N3O6. The summed E-state index contributed by atoms with van der Waals surface area (Å²) in [6, 6.07) is 3.97. The lowest BCUT2D eigenvalue weighted by Gasteiger charge is -2.35. The molecule has 1 atom stereocenters. The Bertz CT molecular complexity index is 676. The van der Waals surface area contributed by atoms with Gasteiger partial charge in [-0.05, 0) is 12.0 Å². The molecule has 1 N–H and O–H groups in total. The molecule has 9 heteroatoms. The first-order valence-electron chi connectivity index (χ1n) is 7.87. The maximum absolute atomic E-state index is 12.7. The zero-order valence-corrected chi connectivity index (χ0v) is 14.4. The van der Waals surface area contributed by atoms with Crippen LogP contribution in [0.5, 0.6) is 5.75 Å². The van der Waals surface area contributed by atoms with Gasteiger partial charge in [0.1, 0.15) is 6.54 Å². The Balaban J connectivity index is 2.29. The summed E-state index contributed by atoms with van der Waals surface area (Å²) in [4.78, 5) is 36.5. The third-order valence-electron chi connectivity index (χ3n) is 3.74. The molecule has 2 rings (SSSR count). The van der Waals surface area contributed by atoms with E-state index >= 15 is 0 Å². The number of rotatable bonds is 7. The van der Waals surface area contributed by atoms with Crippen LogP contribution in [0.3, 0.4) is 0 Å². The number of non-ortho nitro benzene ring substituents is 1. The number of fused-ring (bicyclic) bond motifs is 1. The summed E-state index contributed by atoms with van der Waals surface area (Å²) in [5.41, 5.74) is 0.203. The van der Waals surface area contributed by atoms with E-state index in [1.54, 1.807) is 0 Å². The monoisotopic (exact) mass is 351 g/mol. The predicted octanol–water partition coefficient (Wildman–Crippen LogP) is 1.11. The second-order valence-corrected chi connectivity index (χ2v) is 5.96. The molecule has 136 valence electrons. The van der Waals surface area contributed by atoms with Gasteiger partial charge in [-0.2, -0.15) is 0 Å². The molecule has 1 aliphatic heterocycles. The summed E-state index contributed by atoms with van der Waals surface area (Å²) in [7, 11) is 1.52. The predicted molar refractivity (Wildman–Crippen MR) is 89.6 cm³/mol. The summed E-state index contributed by atoms with van der Waals surface area (Å²) in [6.45, 7) is 4.11. The van der Waals surface area contributed by atoms with E-state index in [1.165, 1.54) is 30.2 Å². The van der Waals surface area contributed by atoms with Gasteiger partial charge in [0.25, 0.3) is 11.6 Å². The van der Waals surface area contributed by atoms with E-state index in [0.717, 1.165) is 0 Å². The van der Waals surface area contributed by atoms with E-state index < -0.39 is 11.0 Å². The van der Waals surface area contributed by atoms with Gasteiger partial charge in [0.15, 0.2) is 11.9 Å². The first kappa shape index (κ1) is 18.7. The van der Waals surface area contributed by atoms with Crippen molar-refractivity contribution in [2.45, 2.75) is 20.0 Å². The van der Waals surface area contributed by atoms with E-state index in [2.05, 4.69) is 5.32 Å². The normalized spacial score (nSPS) is 16.4. The minimum atomic E-state index is -0.804. The van der Waals surface area contributed by atoms with E-state index in [9.17, 15) is 19.7 Å². The summed E-state index contributed by atoms with van der Waals surface area (Å²) >= 11 is 0. The van der Waals surface area contributed by atoms with Crippen LogP contribution >= 0.6 is 0 Å². The number of nitro benzene ring substituents is 1. The van der Waals surface area contributed by atoms with Crippen LogP contribution in [0.4, 0.5) is 11.4 Å². The van der Waals surface area contributed by atoms with Gasteiger partial charge < -0.3 is 14.8 Å². The summed E-state index contributed by atoms with van der Waals surface area (Å²) in [6.07, 6.45) is -0.804. The van der Waals surface area contributed by atoms with Crippen LogP contribution in [0.1, 0.15) is 13.8 Å². The second-order valence-electron chi connectivity index (χ2n) is 5.96. The second kappa shape index (κ2) is 7.93. The topological polar surface area (TPSA) is 111 Å². The number of amides is 2. The van der Waals surface area contributed by atoms with Gasteiger partial charge in [0.2, 0.25) is 5.91 Å². The zero-order chi connectivity index (χ0) is 18.6. The van der Waals surface area contributed by atoms with Crippen LogP contribution in [0.15, 0.2) is 18.2 Å². The van der Waals surface area contributed by atoms with Crippen molar-refractivity contribution in [2.24, 2.45) is 5.92 Å². The van der Waals surface area contributed by atoms with E-state index in [0.29, 0.717) is 18.8 Å². The van der Waals surface area contributed by atoms with Crippen LogP contribution in [-0.2, 0) is 14.3 Å². The standard InChI is InChI=1S/C16H21N3O6/c1-10(2)15-16(21)18(9-14(20)17-6-7-24-3)12-5-4-11(19(22)23)8-13(12)25-15/h4-5,8,10,15H,6-7,9H2,1-3H3,(H,17,20). The summed E-state index contributed by atoms with van der Waals surface area (Å²) in [5, 5.41) is 13.6. The largest absolute Gasteiger partial charge is 0.478 e. The average molecular weight is 351 g/mol. The van der Waals surface area contributed by atoms with Crippen molar-refractivity contribution in [2.75, 3.05) is 31.7 Å². The van der Waals surface area contributed by atoms with Gasteiger partial charge in [0, 0.05) is 19.7 Å². The fourth-order valence-electron chi connectivity index (χ4n) is 2.47. The van der Waals surface area contributed by atoms with E-state index in [-0.39, 0.29) is 35.7 Å². The lowest BCUT2D eigenvalue weighted by Crippen LogP contribution is -2.51. The SMILES string of the molecule is COCCNC(=O)CN1C(=O)C(C(C)C)Oc2cc([N+](=O)[O-])ccc21. The van der Waals surface area contributed by atoms with Gasteiger partial charge in [-0.15, -0.1) is 0 Å². The van der Waals surface area contributed by atoms with Gasteiger partial charge in [-0.1, -0.05) is 13.8 Å². The number of nitrogens with one attached hydrogen (secondary N) is 1. The molecule has 0 aromatic heterocycles. The summed E-state index contributed by atoms with van der Waals surface area (Å²) in [5.74, 6) is -0.631. The fraction of sp³-hybridized carbons (Fsp3) is 0.500. The lowest BCUT2D eigenvalue weighted by atomic mass is 10.0. The summed E-state index contributed by atoms with van der Waals surface area (Å²) < 4.78 is 10.5. The Hall–Kier alpha value is -2.68. The van der Waals surface area contributed by atoms with E-state index in [4.69, 9.17) is 9.47 Å². The van der Waals surface area contributed by atoms with Gasteiger partial charge in [-0.25, -0.2) is 0 Å².